The molecule has 0 heterocycles. The number of esters is 1. The van der Waals surface area contributed by atoms with Crippen LogP contribution in [0.4, 0.5) is 0 Å². The van der Waals surface area contributed by atoms with Crippen LogP contribution in [-0.4, -0.2) is 37.7 Å². The molecule has 2 rings (SSSR count). The van der Waals surface area contributed by atoms with E-state index in [0.29, 0.717) is 36.7 Å². The van der Waals surface area contributed by atoms with Crippen LogP contribution in [0.25, 0.3) is 0 Å². The van der Waals surface area contributed by atoms with E-state index in [1.165, 1.54) is 0 Å². The molecule has 0 bridgehead atoms. The van der Waals surface area contributed by atoms with Gasteiger partial charge in [0, 0.05) is 17.5 Å². The van der Waals surface area contributed by atoms with Gasteiger partial charge in [0.25, 0.3) is 0 Å². The minimum atomic E-state index is -0.385. The molecule has 1 atom stereocenters. The Hall–Kier alpha value is -2.24. The topological polar surface area (TPSA) is 77.4 Å². The van der Waals surface area contributed by atoms with E-state index in [1.54, 1.807) is 27.2 Å². The zero-order valence-electron chi connectivity index (χ0n) is 12.4. The molecular weight excluding hydrogens is 274 g/mol. The van der Waals surface area contributed by atoms with E-state index in [4.69, 9.17) is 14.2 Å². The van der Waals surface area contributed by atoms with E-state index >= 15 is 0 Å². The average Bonchev–Trinajstić information content (AvgIpc) is 2.52. The molecule has 1 aromatic rings. The van der Waals surface area contributed by atoms with Crippen LogP contribution in [0.15, 0.2) is 17.3 Å². The lowest BCUT2D eigenvalue weighted by atomic mass is 9.82. The third-order valence-corrected chi connectivity index (χ3v) is 3.59. The smallest absolute Gasteiger partial charge is 0.309 e. The van der Waals surface area contributed by atoms with Crippen LogP contribution < -0.4 is 9.47 Å². The second kappa shape index (κ2) is 6.47. The maximum Gasteiger partial charge on any atom is 0.309 e. The third-order valence-electron chi connectivity index (χ3n) is 3.59. The second-order valence-electron chi connectivity index (χ2n) is 4.73. The lowest BCUT2D eigenvalue weighted by molar-refractivity contribution is -0.147. The van der Waals surface area contributed by atoms with Gasteiger partial charge >= 0.3 is 5.97 Å². The highest BCUT2D eigenvalue weighted by atomic mass is 16.5. The largest absolute Gasteiger partial charge is 0.493 e. The predicted octanol–water partition coefficient (Wildman–Crippen LogP) is 2.01. The SMILES string of the molecule is CCOC(=O)[C@@H]1C/C(=N\O)c2ccc(OC)c(OC)c2C1. The van der Waals surface area contributed by atoms with Gasteiger partial charge in [0.2, 0.25) is 0 Å². The minimum absolute atomic E-state index is 0.297. The van der Waals surface area contributed by atoms with Crippen molar-refractivity contribution >= 4 is 11.7 Å². The maximum atomic E-state index is 12.0. The summed E-state index contributed by atoms with van der Waals surface area (Å²) >= 11 is 0. The number of carbonyl (C=O) groups excluding carboxylic acids is 1. The fraction of sp³-hybridized carbons (Fsp3) is 0.467. The number of fused-ring (bicyclic) bond motifs is 1. The lowest BCUT2D eigenvalue weighted by Crippen LogP contribution is -2.29. The van der Waals surface area contributed by atoms with Gasteiger partial charge < -0.3 is 19.4 Å². The molecule has 0 amide bonds. The number of oxime groups is 1. The van der Waals surface area contributed by atoms with Crippen molar-refractivity contribution in [2.24, 2.45) is 11.1 Å². The molecule has 0 spiro atoms. The van der Waals surface area contributed by atoms with E-state index < -0.39 is 0 Å². The van der Waals surface area contributed by atoms with Crippen LogP contribution in [0.5, 0.6) is 11.5 Å². The minimum Gasteiger partial charge on any atom is -0.493 e. The standard InChI is InChI=1S/C15H19NO5/c1-4-21-15(17)9-7-11-10(12(8-9)16-18)5-6-13(19-2)14(11)20-3/h5-6,9,18H,4,7-8H2,1-3H3/b16-12+/t9-/m0/s1. The summed E-state index contributed by atoms with van der Waals surface area (Å²) in [5.74, 6) is 0.460. The van der Waals surface area contributed by atoms with Crippen LogP contribution in [0.1, 0.15) is 24.5 Å². The van der Waals surface area contributed by atoms with Gasteiger partial charge in [0.1, 0.15) is 0 Å². The number of carbonyl (C=O) groups is 1. The molecule has 0 fully saturated rings. The summed E-state index contributed by atoms with van der Waals surface area (Å²) in [6.45, 7) is 2.09. The first-order valence-electron chi connectivity index (χ1n) is 6.78. The summed E-state index contributed by atoms with van der Waals surface area (Å²) < 4.78 is 15.7. The van der Waals surface area contributed by atoms with Crippen molar-refractivity contribution < 1.29 is 24.2 Å². The number of ether oxygens (including phenoxy) is 3. The molecule has 0 unspecified atom stereocenters. The van der Waals surface area contributed by atoms with E-state index in [-0.39, 0.29) is 11.9 Å². The molecule has 0 aliphatic heterocycles. The van der Waals surface area contributed by atoms with Crippen molar-refractivity contribution in [3.05, 3.63) is 23.3 Å². The number of hydrogen-bond acceptors (Lipinski definition) is 6. The molecule has 1 N–H and O–H groups in total. The van der Waals surface area contributed by atoms with Crippen LogP contribution in [-0.2, 0) is 16.0 Å². The molecule has 0 aromatic heterocycles. The molecule has 1 aliphatic carbocycles. The van der Waals surface area contributed by atoms with Gasteiger partial charge in [-0.2, -0.15) is 0 Å². The zero-order valence-corrected chi connectivity index (χ0v) is 12.4. The summed E-state index contributed by atoms with van der Waals surface area (Å²) in [7, 11) is 3.10. The highest BCUT2D eigenvalue weighted by Crippen LogP contribution is 2.39. The fourth-order valence-corrected chi connectivity index (χ4v) is 2.65. The quantitative estimate of drug-likeness (QED) is 0.522. The second-order valence-corrected chi connectivity index (χ2v) is 4.73. The normalized spacial score (nSPS) is 19.0. The molecule has 6 heteroatoms. The van der Waals surface area contributed by atoms with Crippen molar-refractivity contribution in [3.63, 3.8) is 0 Å². The Bertz CT molecular complexity index is 567. The molecule has 1 aromatic carbocycles. The van der Waals surface area contributed by atoms with Crippen LogP contribution in [0, 0.1) is 5.92 Å². The maximum absolute atomic E-state index is 12.0. The number of rotatable bonds is 4. The summed E-state index contributed by atoms with van der Waals surface area (Å²) in [5.41, 5.74) is 2.03. The van der Waals surface area contributed by atoms with E-state index in [9.17, 15) is 10.0 Å². The predicted molar refractivity (Wildman–Crippen MR) is 76.3 cm³/mol. The van der Waals surface area contributed by atoms with Crippen LogP contribution >= 0.6 is 0 Å². The van der Waals surface area contributed by atoms with Crippen molar-refractivity contribution in [2.45, 2.75) is 19.8 Å². The Balaban J connectivity index is 2.47. The van der Waals surface area contributed by atoms with Crippen molar-refractivity contribution in [3.8, 4) is 11.5 Å². The highest BCUT2D eigenvalue weighted by molar-refractivity contribution is 6.05. The highest BCUT2D eigenvalue weighted by Gasteiger charge is 2.33. The summed E-state index contributed by atoms with van der Waals surface area (Å²) in [6, 6.07) is 3.57. The van der Waals surface area contributed by atoms with Crippen LogP contribution in [0.2, 0.25) is 0 Å². The van der Waals surface area contributed by atoms with Gasteiger partial charge in [0.05, 0.1) is 32.5 Å². The molecule has 0 saturated carbocycles. The Morgan fingerprint density at radius 2 is 2.10 bits per heavy atom. The van der Waals surface area contributed by atoms with E-state index in [2.05, 4.69) is 5.16 Å². The average molecular weight is 293 g/mol. The summed E-state index contributed by atoms with van der Waals surface area (Å²) in [6.07, 6.45) is 0.811. The van der Waals surface area contributed by atoms with Gasteiger partial charge in [-0.1, -0.05) is 5.16 Å². The first-order chi connectivity index (χ1) is 10.2. The Morgan fingerprint density at radius 3 is 2.67 bits per heavy atom. The lowest BCUT2D eigenvalue weighted by Gasteiger charge is -2.26. The molecule has 6 nitrogen and oxygen atoms in total. The van der Waals surface area contributed by atoms with Crippen molar-refractivity contribution in [1.82, 2.24) is 0 Å². The molecule has 0 saturated heterocycles. The number of nitrogens with zero attached hydrogens (tertiary/aromatic N) is 1. The summed E-state index contributed by atoms with van der Waals surface area (Å²) in [5, 5.41) is 12.5. The van der Waals surface area contributed by atoms with Crippen molar-refractivity contribution in [2.75, 3.05) is 20.8 Å². The Kier molecular flexibility index (Phi) is 4.67. The fourth-order valence-electron chi connectivity index (χ4n) is 2.65. The first-order valence-corrected chi connectivity index (χ1v) is 6.78. The van der Waals surface area contributed by atoms with Gasteiger partial charge in [-0.25, -0.2) is 0 Å². The Morgan fingerprint density at radius 1 is 1.33 bits per heavy atom. The zero-order chi connectivity index (χ0) is 15.4. The molecule has 114 valence electrons. The van der Waals surface area contributed by atoms with Gasteiger partial charge in [-0.05, 0) is 25.5 Å². The molecule has 21 heavy (non-hydrogen) atoms. The number of methoxy groups -OCH3 is 2. The van der Waals surface area contributed by atoms with Crippen molar-refractivity contribution in [1.29, 1.82) is 0 Å². The van der Waals surface area contributed by atoms with Gasteiger partial charge in [-0.15, -0.1) is 0 Å². The number of benzene rings is 1. The molecule has 0 radical (unpaired) electrons. The first kappa shape index (κ1) is 15.2. The van der Waals surface area contributed by atoms with Gasteiger partial charge in [-0.3, -0.25) is 4.79 Å². The number of hydrogen-bond donors (Lipinski definition) is 1. The molecular formula is C15H19NO5. The van der Waals surface area contributed by atoms with Gasteiger partial charge in [0.15, 0.2) is 11.5 Å². The van der Waals surface area contributed by atoms with E-state index in [0.717, 1.165) is 11.1 Å². The van der Waals surface area contributed by atoms with Crippen LogP contribution in [0.3, 0.4) is 0 Å². The van der Waals surface area contributed by atoms with E-state index in [1.807, 2.05) is 6.07 Å². The summed E-state index contributed by atoms with van der Waals surface area (Å²) in [4.78, 5) is 12.0. The third kappa shape index (κ3) is 2.79. The monoisotopic (exact) mass is 293 g/mol. The Labute approximate surface area is 123 Å². The molecule has 1 aliphatic rings.